The van der Waals surface area contributed by atoms with Crippen molar-refractivity contribution >= 4 is 40.2 Å². The van der Waals surface area contributed by atoms with Crippen molar-refractivity contribution in [3.05, 3.63) is 41.7 Å². The number of benzene rings is 1. The van der Waals surface area contributed by atoms with Crippen LogP contribution in [-0.2, 0) is 30.8 Å². The zero-order valence-electron chi connectivity index (χ0n) is 19.6. The molecule has 0 atom stereocenters. The first-order chi connectivity index (χ1) is 17.4. The average molecular weight is 571 g/mol. The maximum atomic E-state index is 13.1. The third kappa shape index (κ3) is 8.46. The van der Waals surface area contributed by atoms with Crippen molar-refractivity contribution in [2.45, 2.75) is 19.3 Å². The van der Waals surface area contributed by atoms with Gasteiger partial charge in [-0.2, -0.15) is 6.07 Å². The zero-order chi connectivity index (χ0) is 26.1. The number of ether oxygens (including phenoxy) is 2. The van der Waals surface area contributed by atoms with Gasteiger partial charge in [0.15, 0.2) is 0 Å². The predicted molar refractivity (Wildman–Crippen MR) is 133 cm³/mol. The van der Waals surface area contributed by atoms with E-state index in [2.05, 4.69) is 22.4 Å². The number of alkyl halides is 2. The Morgan fingerprint density at radius 2 is 2.08 bits per heavy atom. The topological polar surface area (TPSA) is 116 Å². The number of aromatic nitrogens is 1. The molecule has 2 aliphatic rings. The minimum absolute atomic E-state index is 0. The Hall–Kier alpha value is -3.13. The molecule has 1 aromatic heterocycles. The largest absolute Gasteiger partial charge is 2.00 e. The van der Waals surface area contributed by atoms with Gasteiger partial charge in [-0.25, -0.2) is 8.78 Å². The second-order valence-electron chi connectivity index (χ2n) is 7.62. The fourth-order valence-corrected chi connectivity index (χ4v) is 3.44. The van der Waals surface area contributed by atoms with Gasteiger partial charge >= 0.3 is 16.5 Å². The Kier molecular flexibility index (Phi) is 11.9. The number of carbonyl (C=O) groups is 1. The summed E-state index contributed by atoms with van der Waals surface area (Å²) < 4.78 is 36.4. The van der Waals surface area contributed by atoms with Crippen molar-refractivity contribution in [3.63, 3.8) is 0 Å². The third-order valence-electron chi connectivity index (χ3n) is 5.15. The Bertz CT molecular complexity index is 1210. The maximum absolute atomic E-state index is 13.1. The summed E-state index contributed by atoms with van der Waals surface area (Å²) >= 11 is 0.927. The quantitative estimate of drug-likeness (QED) is 0.177. The molecule has 4 rings (SSSR count). The second kappa shape index (κ2) is 14.6. The van der Waals surface area contributed by atoms with Crippen LogP contribution in [0.1, 0.15) is 30.5 Å². The summed E-state index contributed by atoms with van der Waals surface area (Å²) in [6.07, 6.45) is 2.56. The fourth-order valence-electron chi connectivity index (χ4n) is 3.23. The second-order valence-corrected chi connectivity index (χ2v) is 8.43. The number of hydrogen-bond acceptors (Lipinski definition) is 8. The summed E-state index contributed by atoms with van der Waals surface area (Å²) in [5.74, 6) is 6.13. The van der Waals surface area contributed by atoms with Crippen LogP contribution in [0.25, 0.3) is 11.1 Å². The molecular formula is C25H22F2N4NiO4S. The van der Waals surface area contributed by atoms with Gasteiger partial charge in [-0.15, -0.1) is 11.1 Å². The molecule has 2 heterocycles. The molecule has 8 nitrogen and oxygen atoms in total. The van der Waals surface area contributed by atoms with E-state index in [1.54, 1.807) is 18.4 Å². The van der Waals surface area contributed by atoms with Crippen molar-refractivity contribution in [1.82, 2.24) is 4.98 Å². The van der Waals surface area contributed by atoms with Crippen molar-refractivity contribution in [2.24, 2.45) is 5.92 Å². The molecule has 1 aliphatic heterocycles. The smallest absolute Gasteiger partial charge is 0.508 e. The zero-order valence-corrected chi connectivity index (χ0v) is 21.4. The minimum atomic E-state index is -2.77. The van der Waals surface area contributed by atoms with Gasteiger partial charge in [0.05, 0.1) is 26.2 Å². The van der Waals surface area contributed by atoms with Gasteiger partial charge in [0.2, 0.25) is 0 Å². The molecule has 1 aliphatic carbocycles. The number of anilines is 1. The number of amides is 1. The number of rotatable bonds is 6. The summed E-state index contributed by atoms with van der Waals surface area (Å²) in [6.45, 7) is 0.708. The summed E-state index contributed by atoms with van der Waals surface area (Å²) in [4.78, 5) is 28.6. The van der Waals surface area contributed by atoms with Crippen LogP contribution in [0.4, 0.5) is 14.5 Å². The van der Waals surface area contributed by atoms with Crippen LogP contribution in [0, 0.1) is 28.6 Å². The molecule has 1 saturated heterocycles. The van der Waals surface area contributed by atoms with E-state index in [1.807, 2.05) is 0 Å². The van der Waals surface area contributed by atoms with Crippen LogP contribution < -0.4 is 9.64 Å². The number of carbonyl (C=O) groups excluding carboxylic acids is 2. The van der Waals surface area contributed by atoms with Gasteiger partial charge < -0.3 is 30.1 Å². The Morgan fingerprint density at radius 3 is 2.68 bits per heavy atom. The number of morpholine rings is 1. The van der Waals surface area contributed by atoms with Gasteiger partial charge in [-0.1, -0.05) is 18.1 Å². The SMILES string of the molecule is COc1cnc(C(F)F)cc1-c1cc(N2CCOCC2=O)ccc1[C-]=O.N=[C-]SC(=N)C#CC1CC1.[Ni+2]. The van der Waals surface area contributed by atoms with E-state index < -0.39 is 12.1 Å². The van der Waals surface area contributed by atoms with E-state index in [-0.39, 0.29) is 50.9 Å². The van der Waals surface area contributed by atoms with Gasteiger partial charge in [0.1, 0.15) is 23.1 Å². The van der Waals surface area contributed by atoms with Crippen LogP contribution in [0.3, 0.4) is 0 Å². The molecule has 2 aromatic rings. The number of hydrogen-bond donors (Lipinski definition) is 2. The number of thioether (sulfide) groups is 1. The summed E-state index contributed by atoms with van der Waals surface area (Å²) in [5, 5.41) is 13.9. The normalized spacial score (nSPS) is 14.4. The standard InChI is InChI=1S/C18H15F2N2O4.C7H7N2S.Ni/c1-25-16-8-21-15(18(19)20)7-14(16)13-6-12(3-2-11(13)9-23)22-4-5-26-10-17(22)24;8-5-10-7(9)4-3-6-1-2-6;/h2-3,6-8,18H,4-5,10H2,1H3;6,8-9H,1-2H2;/q2*-1;+2. The Morgan fingerprint density at radius 1 is 1.32 bits per heavy atom. The number of halogens is 2. The van der Waals surface area contributed by atoms with E-state index in [0.717, 1.165) is 11.8 Å². The Labute approximate surface area is 227 Å². The molecule has 196 valence electrons. The number of pyridine rings is 1. The van der Waals surface area contributed by atoms with Gasteiger partial charge in [0, 0.05) is 18.2 Å². The predicted octanol–water partition coefficient (Wildman–Crippen LogP) is 4.11. The first-order valence-electron chi connectivity index (χ1n) is 10.8. The molecule has 2 N–H and O–H groups in total. The van der Waals surface area contributed by atoms with Crippen LogP contribution >= 0.6 is 11.8 Å². The average Bonchev–Trinajstić information content (AvgIpc) is 3.72. The van der Waals surface area contributed by atoms with Crippen molar-refractivity contribution in [3.8, 4) is 28.7 Å². The monoisotopic (exact) mass is 570 g/mol. The van der Waals surface area contributed by atoms with Crippen LogP contribution in [0.15, 0.2) is 30.5 Å². The summed E-state index contributed by atoms with van der Waals surface area (Å²) in [5.41, 5.74) is 2.92. The summed E-state index contributed by atoms with van der Waals surface area (Å²) in [6, 6.07) is 5.85. The number of nitrogens with zero attached hydrogens (tertiary/aromatic N) is 2. The Balaban J connectivity index is 0.000000369. The van der Waals surface area contributed by atoms with Gasteiger partial charge in [-0.3, -0.25) is 26.9 Å². The number of methoxy groups -OCH3 is 1. The summed E-state index contributed by atoms with van der Waals surface area (Å²) in [7, 11) is 1.38. The van der Waals surface area contributed by atoms with Gasteiger partial charge in [-0.05, 0) is 30.4 Å². The van der Waals surface area contributed by atoms with Crippen molar-refractivity contribution in [1.29, 1.82) is 10.8 Å². The van der Waals surface area contributed by atoms with Crippen LogP contribution in [0.2, 0.25) is 0 Å². The molecule has 0 unspecified atom stereocenters. The molecule has 1 amide bonds. The van der Waals surface area contributed by atoms with Crippen LogP contribution in [0.5, 0.6) is 5.75 Å². The van der Waals surface area contributed by atoms with Gasteiger partial charge in [0.25, 0.3) is 12.3 Å². The fraction of sp³-hybridized carbons (Fsp3) is 0.320. The first kappa shape index (κ1) is 30.1. The van der Waals surface area contributed by atoms with E-state index in [0.29, 0.717) is 30.3 Å². The molecule has 12 heteroatoms. The molecule has 1 saturated carbocycles. The van der Waals surface area contributed by atoms with E-state index in [9.17, 15) is 18.4 Å². The molecular weight excluding hydrogens is 549 g/mol. The maximum Gasteiger partial charge on any atom is 2.00 e. The number of nitrogens with one attached hydrogen (secondary N) is 2. The molecule has 1 aromatic carbocycles. The first-order valence-corrected chi connectivity index (χ1v) is 11.6. The van der Waals surface area contributed by atoms with Crippen molar-refractivity contribution in [2.75, 3.05) is 31.8 Å². The molecule has 0 bridgehead atoms. The van der Waals surface area contributed by atoms with E-state index in [1.165, 1.54) is 43.2 Å². The molecule has 0 spiro atoms. The molecule has 0 radical (unpaired) electrons. The van der Waals surface area contributed by atoms with E-state index >= 15 is 0 Å². The minimum Gasteiger partial charge on any atom is -0.508 e. The van der Waals surface area contributed by atoms with Crippen LogP contribution in [-0.4, -0.2) is 54.6 Å². The van der Waals surface area contributed by atoms with E-state index in [4.69, 9.17) is 20.3 Å². The molecule has 2 fully saturated rings. The molecule has 37 heavy (non-hydrogen) atoms. The third-order valence-corrected chi connectivity index (χ3v) is 5.56. The van der Waals surface area contributed by atoms with Crippen molar-refractivity contribution < 1.29 is 44.3 Å².